The summed E-state index contributed by atoms with van der Waals surface area (Å²) in [5.74, 6) is -0.831. The number of nitrogens with one attached hydrogen (secondary N) is 1. The molecular weight excluding hydrogens is 266 g/mol. The lowest BCUT2D eigenvalue weighted by Crippen LogP contribution is -2.29. The molecule has 0 unspecified atom stereocenters. The molecule has 1 amide bonds. The summed E-state index contributed by atoms with van der Waals surface area (Å²) in [4.78, 5) is 26.2. The van der Waals surface area contributed by atoms with Gasteiger partial charge in [-0.05, 0) is 0 Å². The van der Waals surface area contributed by atoms with Crippen LogP contribution in [-0.2, 0) is 24.8 Å². The van der Waals surface area contributed by atoms with E-state index in [9.17, 15) is 9.59 Å². The van der Waals surface area contributed by atoms with Crippen molar-refractivity contribution in [2.45, 2.75) is 13.0 Å². The summed E-state index contributed by atoms with van der Waals surface area (Å²) < 4.78 is 2.75. The Kier molecular flexibility index (Phi) is 4.03. The Labute approximate surface area is 113 Å². The third-order valence-electron chi connectivity index (χ3n) is 2.38. The van der Waals surface area contributed by atoms with Crippen molar-refractivity contribution >= 4 is 11.9 Å². The first kappa shape index (κ1) is 13.6. The van der Waals surface area contributed by atoms with Crippen LogP contribution in [0.4, 0.5) is 0 Å². The molecule has 0 spiro atoms. The molecule has 106 valence electrons. The number of aromatic carboxylic acids is 1. The maximum atomic E-state index is 11.6. The Bertz CT molecular complexity index is 618. The van der Waals surface area contributed by atoms with Crippen molar-refractivity contribution in [1.82, 2.24) is 35.1 Å². The van der Waals surface area contributed by atoms with Crippen molar-refractivity contribution in [1.29, 1.82) is 0 Å². The highest BCUT2D eigenvalue weighted by atomic mass is 16.4. The van der Waals surface area contributed by atoms with Gasteiger partial charge in [0.25, 0.3) is 0 Å². The van der Waals surface area contributed by atoms with Gasteiger partial charge < -0.3 is 10.4 Å². The highest BCUT2D eigenvalue weighted by Gasteiger charge is 2.10. The summed E-state index contributed by atoms with van der Waals surface area (Å²) in [5, 5.41) is 22.4. The van der Waals surface area contributed by atoms with Gasteiger partial charge in [-0.3, -0.25) is 9.48 Å². The lowest BCUT2D eigenvalue weighted by Gasteiger charge is -2.02. The van der Waals surface area contributed by atoms with E-state index < -0.39 is 5.97 Å². The van der Waals surface area contributed by atoms with E-state index in [0.717, 1.165) is 4.68 Å². The Morgan fingerprint density at radius 2 is 2.25 bits per heavy atom. The topological polar surface area (TPSA) is 128 Å². The highest BCUT2D eigenvalue weighted by molar-refractivity contribution is 5.84. The van der Waals surface area contributed by atoms with E-state index in [4.69, 9.17) is 5.11 Å². The summed E-state index contributed by atoms with van der Waals surface area (Å²) in [6, 6.07) is 0. The smallest absolute Gasteiger partial charge is 0.358 e. The number of carbonyl (C=O) groups excluding carboxylic acids is 1. The number of hydrogen-bond donors (Lipinski definition) is 2. The van der Waals surface area contributed by atoms with Gasteiger partial charge in [0.05, 0.1) is 6.20 Å². The van der Waals surface area contributed by atoms with Crippen LogP contribution in [0.15, 0.2) is 12.5 Å². The fourth-order valence-corrected chi connectivity index (χ4v) is 1.49. The van der Waals surface area contributed by atoms with Crippen molar-refractivity contribution < 1.29 is 14.7 Å². The standard InChI is InChI=1S/C10H13N7O3/c1-16-6-12-8(14-16)2-3-11-9(18)5-17-4-7(10(19)20)13-15-17/h4,6H,2-3,5H2,1H3,(H,11,18)(H,19,20). The van der Waals surface area contributed by atoms with Crippen molar-refractivity contribution in [3.05, 3.63) is 24.0 Å². The van der Waals surface area contributed by atoms with Crippen LogP contribution in [0.1, 0.15) is 16.3 Å². The zero-order valence-corrected chi connectivity index (χ0v) is 10.7. The molecule has 0 saturated carbocycles. The van der Waals surface area contributed by atoms with Gasteiger partial charge in [-0.15, -0.1) is 5.10 Å². The van der Waals surface area contributed by atoms with Crippen molar-refractivity contribution in [2.24, 2.45) is 7.05 Å². The van der Waals surface area contributed by atoms with Gasteiger partial charge in [0.15, 0.2) is 11.5 Å². The van der Waals surface area contributed by atoms with Crippen molar-refractivity contribution in [3.63, 3.8) is 0 Å². The summed E-state index contributed by atoms with van der Waals surface area (Å²) in [7, 11) is 1.76. The van der Waals surface area contributed by atoms with E-state index in [1.165, 1.54) is 6.20 Å². The quantitative estimate of drug-likeness (QED) is 0.656. The molecule has 0 radical (unpaired) electrons. The molecule has 2 aromatic heterocycles. The van der Waals surface area contributed by atoms with E-state index >= 15 is 0 Å². The Hall–Kier alpha value is -2.78. The predicted octanol–water partition coefficient (Wildman–Crippen LogP) is -1.54. The fraction of sp³-hybridized carbons (Fsp3) is 0.400. The maximum absolute atomic E-state index is 11.6. The molecule has 2 aromatic rings. The number of carbonyl (C=O) groups is 2. The number of aryl methyl sites for hydroxylation is 1. The van der Waals surface area contributed by atoms with Gasteiger partial charge >= 0.3 is 5.97 Å². The van der Waals surface area contributed by atoms with E-state index in [1.807, 2.05) is 0 Å². The summed E-state index contributed by atoms with van der Waals surface area (Å²) in [6.07, 6.45) is 3.30. The van der Waals surface area contributed by atoms with Gasteiger partial charge in [-0.1, -0.05) is 5.21 Å². The van der Waals surface area contributed by atoms with Gasteiger partial charge in [0, 0.05) is 20.0 Å². The average Bonchev–Trinajstić information content (AvgIpc) is 2.99. The van der Waals surface area contributed by atoms with Crippen LogP contribution in [0.2, 0.25) is 0 Å². The fourth-order valence-electron chi connectivity index (χ4n) is 1.49. The lowest BCUT2D eigenvalue weighted by molar-refractivity contribution is -0.121. The molecule has 0 bridgehead atoms. The number of carboxylic acid groups (broad SMARTS) is 1. The number of aromatic nitrogens is 6. The van der Waals surface area contributed by atoms with Crippen LogP contribution in [-0.4, -0.2) is 53.3 Å². The summed E-state index contributed by atoms with van der Waals surface area (Å²) in [6.45, 7) is 0.305. The minimum atomic E-state index is -1.18. The summed E-state index contributed by atoms with van der Waals surface area (Å²) >= 11 is 0. The molecule has 10 nitrogen and oxygen atoms in total. The molecule has 0 saturated heterocycles. The molecule has 2 N–H and O–H groups in total. The number of nitrogens with zero attached hydrogens (tertiary/aromatic N) is 6. The van der Waals surface area contributed by atoms with Crippen LogP contribution in [0, 0.1) is 0 Å². The lowest BCUT2D eigenvalue weighted by atomic mass is 10.4. The van der Waals surface area contributed by atoms with Gasteiger partial charge in [0.1, 0.15) is 12.9 Å². The molecule has 2 rings (SSSR count). The molecule has 0 aromatic carbocycles. The van der Waals surface area contributed by atoms with Crippen LogP contribution < -0.4 is 5.32 Å². The minimum Gasteiger partial charge on any atom is -0.476 e. The molecule has 0 fully saturated rings. The maximum Gasteiger partial charge on any atom is 0.358 e. The number of rotatable bonds is 6. The predicted molar refractivity (Wildman–Crippen MR) is 64.7 cm³/mol. The Morgan fingerprint density at radius 3 is 2.85 bits per heavy atom. The third-order valence-corrected chi connectivity index (χ3v) is 2.38. The first-order valence-corrected chi connectivity index (χ1v) is 5.79. The normalized spacial score (nSPS) is 10.4. The van der Waals surface area contributed by atoms with Crippen molar-refractivity contribution in [2.75, 3.05) is 6.54 Å². The second kappa shape index (κ2) is 5.91. The van der Waals surface area contributed by atoms with Crippen LogP contribution >= 0.6 is 0 Å². The number of carboxylic acids is 1. The highest BCUT2D eigenvalue weighted by Crippen LogP contribution is 1.93. The second-order valence-corrected chi connectivity index (χ2v) is 4.04. The molecule has 20 heavy (non-hydrogen) atoms. The van der Waals surface area contributed by atoms with Crippen LogP contribution in [0.3, 0.4) is 0 Å². The minimum absolute atomic E-state index is 0.0874. The molecule has 10 heteroatoms. The molecule has 2 heterocycles. The van der Waals surface area contributed by atoms with E-state index in [0.29, 0.717) is 18.8 Å². The molecule has 0 aliphatic carbocycles. The van der Waals surface area contributed by atoms with E-state index in [1.54, 1.807) is 18.1 Å². The average molecular weight is 279 g/mol. The first-order chi connectivity index (χ1) is 9.54. The van der Waals surface area contributed by atoms with E-state index in [-0.39, 0.29) is 18.1 Å². The summed E-state index contributed by atoms with van der Waals surface area (Å²) in [5.41, 5.74) is -0.199. The molecule has 0 aliphatic heterocycles. The zero-order chi connectivity index (χ0) is 14.5. The zero-order valence-electron chi connectivity index (χ0n) is 10.7. The Balaban J connectivity index is 1.76. The molecule has 0 aliphatic rings. The molecule has 0 atom stereocenters. The first-order valence-electron chi connectivity index (χ1n) is 5.79. The van der Waals surface area contributed by atoms with Gasteiger partial charge in [-0.2, -0.15) is 5.10 Å². The number of amides is 1. The van der Waals surface area contributed by atoms with Crippen LogP contribution in [0.25, 0.3) is 0 Å². The van der Waals surface area contributed by atoms with Gasteiger partial charge in [0.2, 0.25) is 5.91 Å². The Morgan fingerprint density at radius 1 is 1.45 bits per heavy atom. The largest absolute Gasteiger partial charge is 0.476 e. The third kappa shape index (κ3) is 3.60. The van der Waals surface area contributed by atoms with Crippen LogP contribution in [0.5, 0.6) is 0 Å². The monoisotopic (exact) mass is 279 g/mol. The van der Waals surface area contributed by atoms with Crippen molar-refractivity contribution in [3.8, 4) is 0 Å². The van der Waals surface area contributed by atoms with Gasteiger partial charge in [-0.25, -0.2) is 14.5 Å². The SMILES string of the molecule is Cn1cnc(CCNC(=O)Cn2cc(C(=O)O)nn2)n1. The molecular formula is C10H13N7O3. The van der Waals surface area contributed by atoms with E-state index in [2.05, 4.69) is 25.7 Å². The second-order valence-electron chi connectivity index (χ2n) is 4.04. The number of hydrogen-bond acceptors (Lipinski definition) is 6.